The zero-order chi connectivity index (χ0) is 9.19. The summed E-state index contributed by atoms with van der Waals surface area (Å²) in [6.45, 7) is 5.05. The maximum atomic E-state index is 10.4. The molecule has 68 valence electrons. The maximum Gasteiger partial charge on any atom is 0.303 e. The molecule has 0 saturated heterocycles. The van der Waals surface area contributed by atoms with Crippen LogP contribution in [0, 0.1) is 0 Å². The molecule has 0 radical (unpaired) electrons. The first-order valence-corrected chi connectivity index (χ1v) is 3.69. The van der Waals surface area contributed by atoms with Crippen LogP contribution in [0.15, 0.2) is 12.0 Å². The number of carbonyl (C=O) groups excluding carboxylic acids is 1. The molecule has 0 N–H and O–H groups in total. The van der Waals surface area contributed by atoms with Crippen molar-refractivity contribution in [2.24, 2.45) is 0 Å². The molecule has 0 fully saturated rings. The van der Waals surface area contributed by atoms with Crippen molar-refractivity contribution in [3.63, 3.8) is 0 Å². The molecule has 0 unspecified atom stereocenters. The van der Waals surface area contributed by atoms with E-state index in [-0.39, 0.29) is 12.6 Å². The average molecular weight is 172 g/mol. The summed E-state index contributed by atoms with van der Waals surface area (Å²) in [6.07, 6.45) is 1.46. The van der Waals surface area contributed by atoms with Gasteiger partial charge in [0.1, 0.15) is 6.26 Å². The summed E-state index contributed by atoms with van der Waals surface area (Å²) in [5.41, 5.74) is 0. The van der Waals surface area contributed by atoms with Gasteiger partial charge in [-0.25, -0.2) is 0 Å². The van der Waals surface area contributed by atoms with Gasteiger partial charge in [-0.1, -0.05) is 0 Å². The molecular weight excluding hydrogens is 160 g/mol. The fourth-order valence-electron chi connectivity index (χ4n) is 0.808. The zero-order valence-corrected chi connectivity index (χ0v) is 7.42. The average Bonchev–Trinajstić information content (AvgIpc) is 2.26. The van der Waals surface area contributed by atoms with E-state index in [4.69, 9.17) is 14.2 Å². The van der Waals surface area contributed by atoms with Crippen LogP contribution in [0.3, 0.4) is 0 Å². The van der Waals surface area contributed by atoms with Crippen LogP contribution in [0.2, 0.25) is 0 Å². The van der Waals surface area contributed by atoms with E-state index in [1.807, 2.05) is 0 Å². The van der Waals surface area contributed by atoms with E-state index >= 15 is 0 Å². The Balaban J connectivity index is 2.33. The Hall–Kier alpha value is -1.19. The molecule has 0 aliphatic carbocycles. The van der Waals surface area contributed by atoms with Gasteiger partial charge in [-0.3, -0.25) is 4.79 Å². The van der Waals surface area contributed by atoms with Gasteiger partial charge in [-0.15, -0.1) is 0 Å². The summed E-state index contributed by atoms with van der Waals surface area (Å²) < 4.78 is 15.1. The second-order valence-corrected chi connectivity index (χ2v) is 2.98. The lowest BCUT2D eigenvalue weighted by atomic mass is 10.4. The van der Waals surface area contributed by atoms with Gasteiger partial charge in [0.25, 0.3) is 0 Å². The first-order valence-electron chi connectivity index (χ1n) is 3.69. The van der Waals surface area contributed by atoms with Gasteiger partial charge in [-0.2, -0.15) is 0 Å². The Kier molecular flexibility index (Phi) is 2.26. The van der Waals surface area contributed by atoms with E-state index in [0.717, 1.165) is 0 Å². The van der Waals surface area contributed by atoms with Gasteiger partial charge < -0.3 is 14.2 Å². The predicted molar refractivity (Wildman–Crippen MR) is 41.0 cm³/mol. The topological polar surface area (TPSA) is 44.8 Å². The minimum absolute atomic E-state index is 0.138. The summed E-state index contributed by atoms with van der Waals surface area (Å²) in [5, 5.41) is 0. The molecule has 0 bridgehead atoms. The molecule has 1 rings (SSSR count). The highest BCUT2D eigenvalue weighted by atomic mass is 16.7. The van der Waals surface area contributed by atoms with E-state index in [2.05, 4.69) is 0 Å². The molecule has 1 aliphatic rings. The molecule has 0 aromatic rings. The van der Waals surface area contributed by atoms with Crippen LogP contribution >= 0.6 is 0 Å². The lowest BCUT2D eigenvalue weighted by Gasteiger charge is -2.17. The standard InChI is InChI=1S/C8H12O4/c1-6(9)10-4-7-5-11-8(2,3)12-7/h5H,4H2,1-3H3. The highest BCUT2D eigenvalue weighted by molar-refractivity contribution is 5.66. The minimum atomic E-state index is -0.629. The number of ether oxygens (including phenoxy) is 3. The highest BCUT2D eigenvalue weighted by Crippen LogP contribution is 2.23. The first-order chi connectivity index (χ1) is 5.49. The van der Waals surface area contributed by atoms with Crippen LogP contribution < -0.4 is 0 Å². The van der Waals surface area contributed by atoms with Crippen LogP contribution in [0.1, 0.15) is 20.8 Å². The molecule has 0 atom stereocenters. The van der Waals surface area contributed by atoms with Gasteiger partial charge in [0.15, 0.2) is 12.4 Å². The molecule has 0 spiro atoms. The normalized spacial score (nSPS) is 19.1. The Labute approximate surface area is 71.1 Å². The third kappa shape index (κ3) is 2.45. The minimum Gasteiger partial charge on any atom is -0.458 e. The summed E-state index contributed by atoms with van der Waals surface area (Å²) in [4.78, 5) is 10.4. The van der Waals surface area contributed by atoms with Crippen molar-refractivity contribution in [2.45, 2.75) is 26.6 Å². The molecule has 4 heteroatoms. The third-order valence-electron chi connectivity index (χ3n) is 1.27. The summed E-state index contributed by atoms with van der Waals surface area (Å²) in [6, 6.07) is 0. The van der Waals surface area contributed by atoms with Gasteiger partial charge in [-0.05, 0) is 0 Å². The van der Waals surface area contributed by atoms with Crippen molar-refractivity contribution < 1.29 is 19.0 Å². The third-order valence-corrected chi connectivity index (χ3v) is 1.27. The van der Waals surface area contributed by atoms with Crippen LogP contribution in [0.25, 0.3) is 0 Å². The number of rotatable bonds is 2. The van der Waals surface area contributed by atoms with Crippen molar-refractivity contribution >= 4 is 5.97 Å². The molecule has 0 saturated carbocycles. The molecule has 0 amide bonds. The second-order valence-electron chi connectivity index (χ2n) is 2.98. The number of esters is 1. The van der Waals surface area contributed by atoms with E-state index in [1.165, 1.54) is 13.2 Å². The summed E-state index contributed by atoms with van der Waals surface area (Å²) in [5.74, 6) is -0.422. The second kappa shape index (κ2) is 3.05. The van der Waals surface area contributed by atoms with Gasteiger partial charge in [0.05, 0.1) is 0 Å². The molecule has 4 nitrogen and oxygen atoms in total. The van der Waals surface area contributed by atoms with Crippen molar-refractivity contribution in [2.75, 3.05) is 6.61 Å². The van der Waals surface area contributed by atoms with Crippen molar-refractivity contribution in [1.29, 1.82) is 0 Å². The fraction of sp³-hybridized carbons (Fsp3) is 0.625. The quantitative estimate of drug-likeness (QED) is 0.586. The van der Waals surface area contributed by atoms with Crippen LogP contribution in [-0.2, 0) is 19.0 Å². The first kappa shape index (κ1) is 8.90. The fourth-order valence-corrected chi connectivity index (χ4v) is 0.808. The largest absolute Gasteiger partial charge is 0.458 e. The van der Waals surface area contributed by atoms with Crippen molar-refractivity contribution in [3.8, 4) is 0 Å². The SMILES string of the molecule is CC(=O)OCC1=COC(C)(C)O1. The molecule has 0 aromatic carbocycles. The van der Waals surface area contributed by atoms with E-state index in [1.54, 1.807) is 13.8 Å². The lowest BCUT2D eigenvalue weighted by molar-refractivity contribution is -0.145. The summed E-state index contributed by atoms with van der Waals surface area (Å²) in [7, 11) is 0. The number of carbonyl (C=O) groups is 1. The predicted octanol–water partition coefficient (Wildman–Crippen LogP) is 1.17. The zero-order valence-electron chi connectivity index (χ0n) is 7.42. The Morgan fingerprint density at radius 3 is 2.75 bits per heavy atom. The Morgan fingerprint density at radius 2 is 2.33 bits per heavy atom. The van der Waals surface area contributed by atoms with Crippen LogP contribution in [0.4, 0.5) is 0 Å². The maximum absolute atomic E-state index is 10.4. The monoisotopic (exact) mass is 172 g/mol. The summed E-state index contributed by atoms with van der Waals surface area (Å²) >= 11 is 0. The molecule has 1 heterocycles. The molecule has 12 heavy (non-hydrogen) atoms. The smallest absolute Gasteiger partial charge is 0.303 e. The number of hydrogen-bond donors (Lipinski definition) is 0. The molecular formula is C8H12O4. The van der Waals surface area contributed by atoms with Gasteiger partial charge in [0.2, 0.25) is 5.79 Å². The van der Waals surface area contributed by atoms with E-state index < -0.39 is 5.79 Å². The van der Waals surface area contributed by atoms with E-state index in [0.29, 0.717) is 5.76 Å². The van der Waals surface area contributed by atoms with Crippen molar-refractivity contribution in [1.82, 2.24) is 0 Å². The Morgan fingerprint density at radius 1 is 1.67 bits per heavy atom. The molecule has 0 aromatic heterocycles. The Bertz CT molecular complexity index is 217. The van der Waals surface area contributed by atoms with Crippen LogP contribution in [-0.4, -0.2) is 18.4 Å². The van der Waals surface area contributed by atoms with E-state index in [9.17, 15) is 4.79 Å². The van der Waals surface area contributed by atoms with Gasteiger partial charge in [0, 0.05) is 20.8 Å². The highest BCUT2D eigenvalue weighted by Gasteiger charge is 2.27. The lowest BCUT2D eigenvalue weighted by Crippen LogP contribution is -2.21. The number of hydrogen-bond acceptors (Lipinski definition) is 4. The van der Waals surface area contributed by atoms with Crippen LogP contribution in [0.5, 0.6) is 0 Å². The van der Waals surface area contributed by atoms with Gasteiger partial charge >= 0.3 is 5.97 Å². The van der Waals surface area contributed by atoms with Crippen molar-refractivity contribution in [3.05, 3.63) is 12.0 Å². The molecule has 1 aliphatic heterocycles.